The molecule has 0 radical (unpaired) electrons. The largest absolute Gasteiger partial charge is 0.352 e. The number of amides is 2. The molecular weight excluding hydrogens is 368 g/mol. The number of nitrogens with one attached hydrogen (secondary N) is 2. The molecule has 28 heavy (non-hydrogen) atoms. The van der Waals surface area contributed by atoms with E-state index in [4.69, 9.17) is 0 Å². The van der Waals surface area contributed by atoms with Crippen LogP contribution in [0, 0.1) is 0 Å². The van der Waals surface area contributed by atoms with Gasteiger partial charge < -0.3 is 10.6 Å². The van der Waals surface area contributed by atoms with E-state index < -0.39 is 0 Å². The summed E-state index contributed by atoms with van der Waals surface area (Å²) in [5.41, 5.74) is 2.22. The fourth-order valence-electron chi connectivity index (χ4n) is 2.94. The van der Waals surface area contributed by atoms with Crippen molar-refractivity contribution in [2.24, 2.45) is 0 Å². The summed E-state index contributed by atoms with van der Waals surface area (Å²) in [6.07, 6.45) is 2.89. The lowest BCUT2D eigenvalue weighted by molar-refractivity contribution is -0.116. The van der Waals surface area contributed by atoms with Crippen molar-refractivity contribution in [2.75, 3.05) is 11.9 Å². The molecule has 2 N–H and O–H groups in total. The van der Waals surface area contributed by atoms with Gasteiger partial charge in [-0.2, -0.15) is 0 Å². The van der Waals surface area contributed by atoms with Gasteiger partial charge in [0.15, 0.2) is 0 Å². The maximum atomic E-state index is 12.5. The Balaban J connectivity index is 1.50. The van der Waals surface area contributed by atoms with Gasteiger partial charge in [-0.1, -0.05) is 48.5 Å². The van der Waals surface area contributed by atoms with Crippen molar-refractivity contribution in [3.63, 3.8) is 0 Å². The fraction of sp³-hybridized carbons (Fsp3) is 0.217. The zero-order chi connectivity index (χ0) is 19.6. The van der Waals surface area contributed by atoms with Crippen LogP contribution < -0.4 is 10.6 Å². The van der Waals surface area contributed by atoms with Gasteiger partial charge >= 0.3 is 0 Å². The van der Waals surface area contributed by atoms with Gasteiger partial charge in [0.1, 0.15) is 0 Å². The third kappa shape index (κ3) is 6.06. The second kappa shape index (κ2) is 10.4. The molecule has 0 saturated heterocycles. The normalized spacial score (nSPS) is 10.4. The molecule has 1 heterocycles. The summed E-state index contributed by atoms with van der Waals surface area (Å²) in [6, 6.07) is 21.3. The first-order valence-corrected chi connectivity index (χ1v) is 10.3. The van der Waals surface area contributed by atoms with Crippen LogP contribution in [0.4, 0.5) is 5.69 Å². The van der Waals surface area contributed by atoms with Crippen LogP contribution in [0.15, 0.2) is 72.1 Å². The van der Waals surface area contributed by atoms with Crippen molar-refractivity contribution >= 4 is 28.8 Å². The number of aryl methyl sites for hydroxylation is 1. The Morgan fingerprint density at radius 1 is 0.857 bits per heavy atom. The average Bonchev–Trinajstić information content (AvgIpc) is 3.22. The Bertz CT molecular complexity index is 892. The number of para-hydroxylation sites is 1. The molecule has 4 nitrogen and oxygen atoms in total. The average molecular weight is 393 g/mol. The van der Waals surface area contributed by atoms with Crippen LogP contribution in [0.25, 0.3) is 0 Å². The van der Waals surface area contributed by atoms with Crippen molar-refractivity contribution in [1.29, 1.82) is 0 Å². The minimum atomic E-state index is -0.176. The third-order valence-electron chi connectivity index (χ3n) is 4.39. The zero-order valence-electron chi connectivity index (χ0n) is 15.7. The van der Waals surface area contributed by atoms with Crippen LogP contribution in [0.1, 0.15) is 33.6 Å². The molecule has 5 heteroatoms. The lowest BCUT2D eigenvalue weighted by atomic mass is 10.1. The molecule has 3 rings (SSSR count). The Hall–Kier alpha value is -2.92. The van der Waals surface area contributed by atoms with Crippen molar-refractivity contribution < 1.29 is 9.59 Å². The van der Waals surface area contributed by atoms with Gasteiger partial charge in [0, 0.05) is 17.8 Å². The van der Waals surface area contributed by atoms with E-state index in [1.807, 2.05) is 47.8 Å². The molecule has 0 spiro atoms. The molecule has 3 aromatic rings. The second-order valence-electron chi connectivity index (χ2n) is 6.52. The number of hydrogen-bond donors (Lipinski definition) is 2. The summed E-state index contributed by atoms with van der Waals surface area (Å²) in [5.74, 6) is -0.244. The molecular formula is C23H24N2O2S. The highest BCUT2D eigenvalue weighted by Crippen LogP contribution is 2.17. The molecule has 0 bridgehead atoms. The number of carbonyl (C=O) groups excluding carboxylic acids is 2. The number of rotatable bonds is 9. The molecule has 0 aliphatic carbocycles. The van der Waals surface area contributed by atoms with Crippen molar-refractivity contribution in [1.82, 2.24) is 5.32 Å². The zero-order valence-corrected chi connectivity index (χ0v) is 16.5. The van der Waals surface area contributed by atoms with E-state index in [1.54, 1.807) is 29.5 Å². The van der Waals surface area contributed by atoms with E-state index in [2.05, 4.69) is 16.7 Å². The summed E-state index contributed by atoms with van der Waals surface area (Å²) in [6.45, 7) is 0.548. The first-order chi connectivity index (χ1) is 13.7. The maximum Gasteiger partial charge on any atom is 0.253 e. The van der Waals surface area contributed by atoms with E-state index in [1.165, 1.54) is 10.4 Å². The van der Waals surface area contributed by atoms with Crippen LogP contribution in [-0.2, 0) is 17.6 Å². The number of anilines is 1. The first kappa shape index (κ1) is 19.8. The molecule has 0 aliphatic rings. The van der Waals surface area contributed by atoms with Gasteiger partial charge in [-0.15, -0.1) is 11.3 Å². The van der Waals surface area contributed by atoms with Crippen LogP contribution >= 0.6 is 11.3 Å². The summed E-state index contributed by atoms with van der Waals surface area (Å²) >= 11 is 1.71. The highest BCUT2D eigenvalue weighted by molar-refractivity contribution is 7.09. The minimum Gasteiger partial charge on any atom is -0.352 e. The molecule has 2 aromatic carbocycles. The van der Waals surface area contributed by atoms with E-state index in [9.17, 15) is 9.59 Å². The Morgan fingerprint density at radius 2 is 1.64 bits per heavy atom. The standard InChI is InChI=1S/C23H24N2O2S/c26-22(14-6-10-19-11-7-17-28-19)25-21-13-5-4-12-20(21)23(27)24-16-15-18-8-2-1-3-9-18/h1-5,7-9,11-13,17H,6,10,14-16H2,(H,24,27)(H,25,26). The maximum absolute atomic E-state index is 12.5. The van der Waals surface area contributed by atoms with Gasteiger partial charge in [-0.3, -0.25) is 9.59 Å². The highest BCUT2D eigenvalue weighted by atomic mass is 32.1. The summed E-state index contributed by atoms with van der Waals surface area (Å²) < 4.78 is 0. The molecule has 0 unspecified atom stereocenters. The molecule has 0 atom stereocenters. The number of thiophene rings is 1. The van der Waals surface area contributed by atoms with Crippen molar-refractivity contribution in [3.05, 3.63) is 88.1 Å². The lowest BCUT2D eigenvalue weighted by Crippen LogP contribution is -2.27. The molecule has 0 fully saturated rings. The van der Waals surface area contributed by atoms with Gasteiger partial charge in [-0.05, 0) is 48.4 Å². The predicted molar refractivity (Wildman–Crippen MR) is 115 cm³/mol. The van der Waals surface area contributed by atoms with Crippen LogP contribution in [0.2, 0.25) is 0 Å². The summed E-state index contributed by atoms with van der Waals surface area (Å²) in [7, 11) is 0. The third-order valence-corrected chi connectivity index (χ3v) is 5.33. The highest BCUT2D eigenvalue weighted by Gasteiger charge is 2.12. The van der Waals surface area contributed by atoms with Crippen molar-refractivity contribution in [3.8, 4) is 0 Å². The van der Waals surface area contributed by atoms with E-state index in [0.29, 0.717) is 24.2 Å². The van der Waals surface area contributed by atoms with Gasteiger partial charge in [0.05, 0.1) is 11.3 Å². The van der Waals surface area contributed by atoms with Gasteiger partial charge in [-0.25, -0.2) is 0 Å². The molecule has 0 saturated carbocycles. The first-order valence-electron chi connectivity index (χ1n) is 9.46. The fourth-order valence-corrected chi connectivity index (χ4v) is 3.69. The monoisotopic (exact) mass is 392 g/mol. The van der Waals surface area contributed by atoms with Gasteiger partial charge in [0.2, 0.25) is 5.91 Å². The van der Waals surface area contributed by atoms with E-state index >= 15 is 0 Å². The van der Waals surface area contributed by atoms with Crippen LogP contribution in [0.3, 0.4) is 0 Å². The van der Waals surface area contributed by atoms with Crippen molar-refractivity contribution in [2.45, 2.75) is 25.7 Å². The SMILES string of the molecule is O=C(CCCc1cccs1)Nc1ccccc1C(=O)NCCc1ccccc1. The molecule has 0 aliphatic heterocycles. The molecule has 144 valence electrons. The molecule has 1 aromatic heterocycles. The number of hydrogen-bond acceptors (Lipinski definition) is 3. The van der Waals surface area contributed by atoms with Crippen LogP contribution in [0.5, 0.6) is 0 Å². The van der Waals surface area contributed by atoms with Gasteiger partial charge in [0.25, 0.3) is 5.91 Å². The Labute approximate surface area is 169 Å². The second-order valence-corrected chi connectivity index (χ2v) is 7.55. The Kier molecular flexibility index (Phi) is 7.38. The topological polar surface area (TPSA) is 58.2 Å². The van der Waals surface area contributed by atoms with Crippen LogP contribution in [-0.4, -0.2) is 18.4 Å². The lowest BCUT2D eigenvalue weighted by Gasteiger charge is -2.11. The number of benzene rings is 2. The Morgan fingerprint density at radius 3 is 2.43 bits per heavy atom. The minimum absolute atomic E-state index is 0.0684. The van der Waals surface area contributed by atoms with E-state index in [0.717, 1.165) is 19.3 Å². The van der Waals surface area contributed by atoms with E-state index in [-0.39, 0.29) is 11.8 Å². The quantitative estimate of drug-likeness (QED) is 0.555. The molecule has 2 amide bonds. The predicted octanol–water partition coefficient (Wildman–Crippen LogP) is 4.68. The summed E-state index contributed by atoms with van der Waals surface area (Å²) in [5, 5.41) is 7.86. The summed E-state index contributed by atoms with van der Waals surface area (Å²) in [4.78, 5) is 26.1. The number of carbonyl (C=O) groups is 2. The smallest absolute Gasteiger partial charge is 0.253 e.